The Morgan fingerprint density at radius 1 is 1.24 bits per heavy atom. The average Bonchev–Trinajstić information content (AvgIpc) is 2.58. The van der Waals surface area contributed by atoms with Crippen LogP contribution in [-0.4, -0.2) is 15.9 Å². The fourth-order valence-electron chi connectivity index (χ4n) is 1.81. The largest absolute Gasteiger partial charge is 0.346 e. The Labute approximate surface area is 100 Å². The number of nitrogens with one attached hydrogen (secondary N) is 2. The van der Waals surface area contributed by atoms with Crippen molar-refractivity contribution in [1.29, 1.82) is 0 Å². The monoisotopic (exact) mass is 229 g/mol. The lowest BCUT2D eigenvalue weighted by molar-refractivity contribution is -0.114. The molecule has 0 saturated carbocycles. The smallest absolute Gasteiger partial charge is 0.221 e. The van der Waals surface area contributed by atoms with Crippen LogP contribution in [0.1, 0.15) is 18.4 Å². The lowest BCUT2D eigenvalue weighted by Crippen LogP contribution is -2.05. The summed E-state index contributed by atoms with van der Waals surface area (Å²) in [6.45, 7) is 5.42. The summed E-state index contributed by atoms with van der Waals surface area (Å²) in [6, 6.07) is 7.65. The number of anilines is 1. The van der Waals surface area contributed by atoms with Crippen molar-refractivity contribution in [1.82, 2.24) is 9.97 Å². The third kappa shape index (κ3) is 2.53. The van der Waals surface area contributed by atoms with Crippen molar-refractivity contribution in [3.8, 4) is 11.3 Å². The molecule has 0 fully saturated rings. The zero-order valence-corrected chi connectivity index (χ0v) is 10.2. The molecule has 1 aromatic heterocycles. The third-order valence-electron chi connectivity index (χ3n) is 2.48. The summed E-state index contributed by atoms with van der Waals surface area (Å²) in [5, 5.41) is 2.74. The number of aromatic nitrogens is 2. The molecule has 0 aliphatic rings. The van der Waals surface area contributed by atoms with Gasteiger partial charge in [0.25, 0.3) is 0 Å². The van der Waals surface area contributed by atoms with E-state index in [1.807, 2.05) is 38.1 Å². The Morgan fingerprint density at radius 3 is 2.35 bits per heavy atom. The van der Waals surface area contributed by atoms with E-state index in [9.17, 15) is 4.79 Å². The SMILES string of the molecule is CC(=O)Nc1ccc(-c2nc(C)[nH]c2C)cc1. The summed E-state index contributed by atoms with van der Waals surface area (Å²) in [5.74, 6) is 0.841. The molecule has 4 heteroatoms. The summed E-state index contributed by atoms with van der Waals surface area (Å²) in [7, 11) is 0. The Morgan fingerprint density at radius 2 is 1.88 bits per heavy atom. The molecular weight excluding hydrogens is 214 g/mol. The number of amides is 1. The van der Waals surface area contributed by atoms with E-state index in [2.05, 4.69) is 15.3 Å². The van der Waals surface area contributed by atoms with E-state index in [1.165, 1.54) is 6.92 Å². The molecule has 0 atom stereocenters. The second-order valence-electron chi connectivity index (χ2n) is 4.05. The number of H-pyrrole nitrogens is 1. The van der Waals surface area contributed by atoms with Crippen LogP contribution in [0.2, 0.25) is 0 Å². The zero-order valence-electron chi connectivity index (χ0n) is 10.2. The van der Waals surface area contributed by atoms with Crippen LogP contribution in [0.4, 0.5) is 5.69 Å². The van der Waals surface area contributed by atoms with Crippen molar-refractivity contribution in [3.05, 3.63) is 35.8 Å². The van der Waals surface area contributed by atoms with Crippen LogP contribution in [0.5, 0.6) is 0 Å². The lowest BCUT2D eigenvalue weighted by atomic mass is 10.1. The van der Waals surface area contributed by atoms with Crippen molar-refractivity contribution in [2.45, 2.75) is 20.8 Å². The Bertz CT molecular complexity index is 540. The van der Waals surface area contributed by atoms with Gasteiger partial charge in [0, 0.05) is 23.9 Å². The summed E-state index contributed by atoms with van der Waals surface area (Å²) in [4.78, 5) is 18.5. The summed E-state index contributed by atoms with van der Waals surface area (Å²) < 4.78 is 0. The number of hydrogen-bond donors (Lipinski definition) is 2. The molecule has 1 aromatic carbocycles. The van der Waals surface area contributed by atoms with Gasteiger partial charge >= 0.3 is 0 Å². The van der Waals surface area contributed by atoms with Crippen molar-refractivity contribution in [3.63, 3.8) is 0 Å². The summed E-state index contributed by atoms with van der Waals surface area (Å²) >= 11 is 0. The molecule has 17 heavy (non-hydrogen) atoms. The van der Waals surface area contributed by atoms with Gasteiger partial charge in [0.15, 0.2) is 0 Å². The first-order valence-electron chi connectivity index (χ1n) is 5.47. The molecular formula is C13H15N3O. The minimum Gasteiger partial charge on any atom is -0.346 e. The van der Waals surface area contributed by atoms with E-state index >= 15 is 0 Å². The van der Waals surface area contributed by atoms with Crippen LogP contribution in [0.15, 0.2) is 24.3 Å². The lowest BCUT2D eigenvalue weighted by Gasteiger charge is -2.03. The van der Waals surface area contributed by atoms with Crippen LogP contribution >= 0.6 is 0 Å². The predicted octanol–water partition coefficient (Wildman–Crippen LogP) is 2.65. The van der Waals surface area contributed by atoms with E-state index in [-0.39, 0.29) is 5.91 Å². The van der Waals surface area contributed by atoms with Crippen LogP contribution in [0.3, 0.4) is 0 Å². The molecule has 0 radical (unpaired) electrons. The van der Waals surface area contributed by atoms with Gasteiger partial charge in [0.2, 0.25) is 5.91 Å². The van der Waals surface area contributed by atoms with Gasteiger partial charge in [-0.15, -0.1) is 0 Å². The number of imidazole rings is 1. The van der Waals surface area contributed by atoms with E-state index in [4.69, 9.17) is 0 Å². The van der Waals surface area contributed by atoms with Gasteiger partial charge in [0.05, 0.1) is 5.69 Å². The number of aryl methyl sites for hydroxylation is 2. The van der Waals surface area contributed by atoms with Crippen molar-refractivity contribution in [2.75, 3.05) is 5.32 Å². The number of carbonyl (C=O) groups is 1. The second kappa shape index (κ2) is 4.41. The number of aromatic amines is 1. The topological polar surface area (TPSA) is 57.8 Å². The third-order valence-corrected chi connectivity index (χ3v) is 2.48. The molecule has 0 bridgehead atoms. The van der Waals surface area contributed by atoms with Crippen molar-refractivity contribution < 1.29 is 4.79 Å². The first-order chi connectivity index (χ1) is 8.06. The van der Waals surface area contributed by atoms with Gasteiger partial charge in [-0.1, -0.05) is 12.1 Å². The average molecular weight is 229 g/mol. The molecule has 0 unspecified atom stereocenters. The van der Waals surface area contributed by atoms with Gasteiger partial charge in [-0.05, 0) is 26.0 Å². The molecule has 0 aliphatic heterocycles. The van der Waals surface area contributed by atoms with Crippen LogP contribution < -0.4 is 5.32 Å². The van der Waals surface area contributed by atoms with Gasteiger partial charge in [-0.3, -0.25) is 4.79 Å². The Kier molecular flexibility index (Phi) is 2.95. The second-order valence-corrected chi connectivity index (χ2v) is 4.05. The number of rotatable bonds is 2. The quantitative estimate of drug-likeness (QED) is 0.831. The molecule has 4 nitrogen and oxygen atoms in total. The number of nitrogens with zero attached hydrogens (tertiary/aromatic N) is 1. The van der Waals surface area contributed by atoms with Gasteiger partial charge in [-0.2, -0.15) is 0 Å². The highest BCUT2D eigenvalue weighted by atomic mass is 16.1. The Balaban J connectivity index is 2.29. The van der Waals surface area contributed by atoms with Crippen LogP contribution in [-0.2, 0) is 4.79 Å². The maximum absolute atomic E-state index is 10.9. The minimum absolute atomic E-state index is 0.0652. The summed E-state index contributed by atoms with van der Waals surface area (Å²) in [6.07, 6.45) is 0. The predicted molar refractivity (Wildman–Crippen MR) is 67.8 cm³/mol. The maximum Gasteiger partial charge on any atom is 0.221 e. The molecule has 1 heterocycles. The molecule has 2 rings (SSSR count). The fraction of sp³-hybridized carbons (Fsp3) is 0.231. The zero-order chi connectivity index (χ0) is 12.4. The normalized spacial score (nSPS) is 10.3. The number of hydrogen-bond acceptors (Lipinski definition) is 2. The maximum atomic E-state index is 10.9. The van der Waals surface area contributed by atoms with E-state index in [0.29, 0.717) is 0 Å². The highest BCUT2D eigenvalue weighted by molar-refractivity contribution is 5.88. The number of benzene rings is 1. The molecule has 1 amide bonds. The van der Waals surface area contributed by atoms with E-state index in [0.717, 1.165) is 28.5 Å². The molecule has 0 aliphatic carbocycles. The molecule has 2 aromatic rings. The van der Waals surface area contributed by atoms with Crippen molar-refractivity contribution in [2.24, 2.45) is 0 Å². The minimum atomic E-state index is -0.0652. The van der Waals surface area contributed by atoms with E-state index in [1.54, 1.807) is 0 Å². The first kappa shape index (κ1) is 11.4. The van der Waals surface area contributed by atoms with Crippen molar-refractivity contribution >= 4 is 11.6 Å². The van der Waals surface area contributed by atoms with Crippen LogP contribution in [0.25, 0.3) is 11.3 Å². The van der Waals surface area contributed by atoms with Gasteiger partial charge < -0.3 is 10.3 Å². The first-order valence-corrected chi connectivity index (χ1v) is 5.47. The highest BCUT2D eigenvalue weighted by Gasteiger charge is 2.06. The fourth-order valence-corrected chi connectivity index (χ4v) is 1.81. The van der Waals surface area contributed by atoms with Crippen LogP contribution in [0, 0.1) is 13.8 Å². The molecule has 0 spiro atoms. The standard InChI is InChI=1S/C13H15N3O/c1-8-13(15-9(2)14-8)11-4-6-12(7-5-11)16-10(3)17/h4-7H,1-3H3,(H,14,15)(H,16,17). The van der Waals surface area contributed by atoms with Gasteiger partial charge in [0.1, 0.15) is 5.82 Å². The molecule has 2 N–H and O–H groups in total. The van der Waals surface area contributed by atoms with E-state index < -0.39 is 0 Å². The molecule has 88 valence electrons. The number of carbonyl (C=O) groups excluding carboxylic acids is 1. The molecule has 0 saturated heterocycles. The highest BCUT2D eigenvalue weighted by Crippen LogP contribution is 2.22. The summed E-state index contributed by atoms with van der Waals surface area (Å²) in [5.41, 5.74) is 3.85. The Hall–Kier alpha value is -2.10. The van der Waals surface area contributed by atoms with Gasteiger partial charge in [-0.25, -0.2) is 4.98 Å².